The summed E-state index contributed by atoms with van der Waals surface area (Å²) in [7, 11) is 1.64. The number of carbonyl (C=O) groups is 2. The molecule has 1 aromatic carbocycles. The first-order valence-electron chi connectivity index (χ1n) is 9.47. The van der Waals surface area contributed by atoms with E-state index in [4.69, 9.17) is 4.74 Å². The van der Waals surface area contributed by atoms with Crippen molar-refractivity contribution in [2.45, 2.75) is 38.8 Å². The number of piperidine rings is 1. The summed E-state index contributed by atoms with van der Waals surface area (Å²) in [6, 6.07) is 8.19. The van der Waals surface area contributed by atoms with E-state index >= 15 is 0 Å². The number of benzene rings is 1. The Balaban J connectivity index is 0.00000261. The fraction of sp³-hybridized carbons (Fsp3) is 0.600. The summed E-state index contributed by atoms with van der Waals surface area (Å²) in [6.07, 6.45) is 2.71. The molecule has 0 unspecified atom stereocenters. The maximum absolute atomic E-state index is 12.6. The number of nitrogens with one attached hydrogen (secondary N) is 2. The van der Waals surface area contributed by atoms with Gasteiger partial charge in [0, 0.05) is 33.2 Å². The number of rotatable bonds is 7. The van der Waals surface area contributed by atoms with Gasteiger partial charge in [-0.3, -0.25) is 9.59 Å². The number of hydrogen-bond donors (Lipinski definition) is 2. The van der Waals surface area contributed by atoms with Gasteiger partial charge < -0.3 is 20.3 Å². The number of halogens is 1. The molecule has 0 saturated carbocycles. The molecule has 0 spiro atoms. The third-order valence-electron chi connectivity index (χ3n) is 5.51. The van der Waals surface area contributed by atoms with E-state index in [1.807, 2.05) is 17.0 Å². The molecule has 3 rings (SSSR count). The molecule has 150 valence electrons. The van der Waals surface area contributed by atoms with Crippen molar-refractivity contribution in [3.8, 4) is 0 Å². The highest BCUT2D eigenvalue weighted by Crippen LogP contribution is 2.29. The second-order valence-electron chi connectivity index (χ2n) is 7.34. The average Bonchev–Trinajstić information content (AvgIpc) is 3.10. The van der Waals surface area contributed by atoms with Crippen molar-refractivity contribution in [3.63, 3.8) is 0 Å². The van der Waals surface area contributed by atoms with Crippen LogP contribution in [0.2, 0.25) is 0 Å². The largest absolute Gasteiger partial charge is 0.384 e. The van der Waals surface area contributed by atoms with Gasteiger partial charge in [0.15, 0.2) is 0 Å². The molecular weight excluding hydrogens is 366 g/mol. The zero-order valence-electron chi connectivity index (χ0n) is 16.0. The third-order valence-corrected chi connectivity index (χ3v) is 5.51. The number of methoxy groups -OCH3 is 1. The molecule has 2 aliphatic rings. The Kier molecular flexibility index (Phi) is 8.07. The molecule has 0 atom stereocenters. The summed E-state index contributed by atoms with van der Waals surface area (Å²) in [4.78, 5) is 27.0. The highest BCUT2D eigenvalue weighted by atomic mass is 35.5. The van der Waals surface area contributed by atoms with Crippen LogP contribution < -0.4 is 10.6 Å². The molecule has 0 radical (unpaired) electrons. The van der Waals surface area contributed by atoms with E-state index < -0.39 is 5.41 Å². The van der Waals surface area contributed by atoms with E-state index in [1.165, 1.54) is 11.1 Å². The first-order valence-corrected chi connectivity index (χ1v) is 9.47. The van der Waals surface area contributed by atoms with Crippen molar-refractivity contribution >= 4 is 24.2 Å². The third kappa shape index (κ3) is 5.21. The van der Waals surface area contributed by atoms with Gasteiger partial charge in [-0.15, -0.1) is 12.4 Å². The van der Waals surface area contributed by atoms with Crippen LogP contribution in [0.25, 0.3) is 0 Å². The van der Waals surface area contributed by atoms with E-state index in [1.54, 1.807) is 7.11 Å². The van der Waals surface area contributed by atoms with Crippen LogP contribution in [0, 0.1) is 5.41 Å². The van der Waals surface area contributed by atoms with Crippen molar-refractivity contribution in [2.75, 3.05) is 33.4 Å². The van der Waals surface area contributed by atoms with Crippen molar-refractivity contribution in [1.82, 2.24) is 15.5 Å². The number of amides is 2. The Labute approximate surface area is 167 Å². The van der Waals surface area contributed by atoms with E-state index in [2.05, 4.69) is 22.8 Å². The number of hydrogen-bond acceptors (Lipinski definition) is 4. The Morgan fingerprint density at radius 3 is 2.41 bits per heavy atom. The predicted molar refractivity (Wildman–Crippen MR) is 107 cm³/mol. The zero-order valence-corrected chi connectivity index (χ0v) is 16.8. The standard InChI is InChI=1S/C20H29N3O3.ClH/c1-26-15-20(8-11-21-12-9-20)19(25)22-10-4-7-18(24)23-13-16-5-2-3-6-17(16)14-23;/h2-3,5-6,21H,4,7-15H2,1H3,(H,22,25);1H. The Bertz CT molecular complexity index is 617. The van der Waals surface area contributed by atoms with Crippen molar-refractivity contribution in [1.29, 1.82) is 0 Å². The van der Waals surface area contributed by atoms with Crippen LogP contribution in [0.3, 0.4) is 0 Å². The summed E-state index contributed by atoms with van der Waals surface area (Å²) in [5, 5.41) is 6.31. The molecule has 0 aromatic heterocycles. The van der Waals surface area contributed by atoms with Crippen LogP contribution >= 0.6 is 12.4 Å². The molecule has 1 fully saturated rings. The van der Waals surface area contributed by atoms with Gasteiger partial charge in [-0.05, 0) is 43.5 Å². The minimum Gasteiger partial charge on any atom is -0.384 e. The number of ether oxygens (including phenoxy) is 1. The predicted octanol–water partition coefficient (Wildman–Crippen LogP) is 1.86. The van der Waals surface area contributed by atoms with Gasteiger partial charge in [-0.25, -0.2) is 0 Å². The molecule has 2 aliphatic heterocycles. The van der Waals surface area contributed by atoms with Gasteiger partial charge in [0.2, 0.25) is 11.8 Å². The van der Waals surface area contributed by atoms with Crippen molar-refractivity contribution in [3.05, 3.63) is 35.4 Å². The lowest BCUT2D eigenvalue weighted by molar-refractivity contribution is -0.136. The maximum Gasteiger partial charge on any atom is 0.228 e. The first kappa shape index (κ1) is 21.7. The van der Waals surface area contributed by atoms with E-state index in [9.17, 15) is 9.59 Å². The van der Waals surface area contributed by atoms with Gasteiger partial charge in [-0.2, -0.15) is 0 Å². The monoisotopic (exact) mass is 395 g/mol. The van der Waals surface area contributed by atoms with E-state index in [-0.39, 0.29) is 24.2 Å². The number of carbonyl (C=O) groups excluding carboxylic acids is 2. The number of nitrogens with zero attached hydrogens (tertiary/aromatic N) is 1. The van der Waals surface area contributed by atoms with Crippen molar-refractivity contribution < 1.29 is 14.3 Å². The summed E-state index contributed by atoms with van der Waals surface area (Å²) in [5.41, 5.74) is 2.05. The second-order valence-corrected chi connectivity index (χ2v) is 7.34. The zero-order chi connectivity index (χ0) is 18.4. The van der Waals surface area contributed by atoms with Gasteiger partial charge in [0.05, 0.1) is 12.0 Å². The van der Waals surface area contributed by atoms with E-state index in [0.29, 0.717) is 39.1 Å². The molecule has 27 heavy (non-hydrogen) atoms. The lowest BCUT2D eigenvalue weighted by Gasteiger charge is -2.35. The van der Waals surface area contributed by atoms with Gasteiger partial charge >= 0.3 is 0 Å². The smallest absolute Gasteiger partial charge is 0.228 e. The molecule has 6 nitrogen and oxygen atoms in total. The van der Waals surface area contributed by atoms with Crippen LogP contribution in [0.5, 0.6) is 0 Å². The van der Waals surface area contributed by atoms with Crippen LogP contribution in [0.4, 0.5) is 0 Å². The summed E-state index contributed by atoms with van der Waals surface area (Å²) in [6.45, 7) is 4.06. The summed E-state index contributed by atoms with van der Waals surface area (Å²) < 4.78 is 5.30. The lowest BCUT2D eigenvalue weighted by Crippen LogP contribution is -2.50. The SMILES string of the molecule is COCC1(C(=O)NCCCC(=O)N2Cc3ccccc3C2)CCNCC1.Cl. The minimum absolute atomic E-state index is 0. The molecule has 0 aliphatic carbocycles. The Hall–Kier alpha value is -1.63. The highest BCUT2D eigenvalue weighted by Gasteiger charge is 2.39. The fourth-order valence-electron chi connectivity index (χ4n) is 3.92. The fourth-order valence-corrected chi connectivity index (χ4v) is 3.92. The van der Waals surface area contributed by atoms with Gasteiger partial charge in [0.1, 0.15) is 0 Å². The molecule has 7 heteroatoms. The minimum atomic E-state index is -0.430. The second kappa shape index (κ2) is 10.1. The van der Waals surface area contributed by atoms with Crippen LogP contribution in [-0.2, 0) is 27.4 Å². The topological polar surface area (TPSA) is 70.7 Å². The maximum atomic E-state index is 12.6. The Morgan fingerprint density at radius 2 is 1.81 bits per heavy atom. The van der Waals surface area contributed by atoms with E-state index in [0.717, 1.165) is 25.9 Å². The van der Waals surface area contributed by atoms with Crippen LogP contribution in [0.15, 0.2) is 24.3 Å². The highest BCUT2D eigenvalue weighted by molar-refractivity contribution is 5.85. The molecule has 2 N–H and O–H groups in total. The molecule has 2 amide bonds. The Morgan fingerprint density at radius 1 is 1.19 bits per heavy atom. The van der Waals surface area contributed by atoms with Crippen molar-refractivity contribution in [2.24, 2.45) is 5.41 Å². The molecular formula is C20H30ClN3O3. The first-order chi connectivity index (χ1) is 12.6. The van der Waals surface area contributed by atoms with Gasteiger partial charge in [-0.1, -0.05) is 24.3 Å². The molecule has 1 saturated heterocycles. The van der Waals surface area contributed by atoms with Gasteiger partial charge in [0.25, 0.3) is 0 Å². The molecule has 1 aromatic rings. The van der Waals surface area contributed by atoms with Crippen LogP contribution in [0.1, 0.15) is 36.8 Å². The quantitative estimate of drug-likeness (QED) is 0.691. The number of fused-ring (bicyclic) bond motifs is 1. The normalized spacial score (nSPS) is 17.7. The summed E-state index contributed by atoms with van der Waals surface area (Å²) >= 11 is 0. The van der Waals surface area contributed by atoms with Crippen LogP contribution in [-0.4, -0.2) is 50.1 Å². The lowest BCUT2D eigenvalue weighted by atomic mass is 9.78. The molecule has 0 bridgehead atoms. The average molecular weight is 396 g/mol. The summed E-state index contributed by atoms with van der Waals surface area (Å²) in [5.74, 6) is 0.214. The molecule has 2 heterocycles.